The fourth-order valence-electron chi connectivity index (χ4n) is 2.41. The standard InChI is InChI=1S/C10H16F2N2O2/c11-10(12)4-7(5-15)14(6-10)9(16)8-2-1-3-13-8/h7-8,13,15H,1-6H2/t7-,8+/m1/s1. The maximum atomic E-state index is 13.2. The van der Waals surface area contributed by atoms with Crippen molar-refractivity contribution in [3.05, 3.63) is 0 Å². The normalized spacial score (nSPS) is 33.3. The van der Waals surface area contributed by atoms with Crippen LogP contribution in [-0.2, 0) is 4.79 Å². The van der Waals surface area contributed by atoms with Gasteiger partial charge in [-0.15, -0.1) is 0 Å². The lowest BCUT2D eigenvalue weighted by Crippen LogP contribution is -2.47. The number of nitrogens with zero attached hydrogens (tertiary/aromatic N) is 1. The number of alkyl halides is 2. The van der Waals surface area contributed by atoms with Gasteiger partial charge in [0.1, 0.15) is 0 Å². The molecule has 2 saturated heterocycles. The number of likely N-dealkylation sites (tertiary alicyclic amines) is 1. The molecule has 0 aromatic rings. The number of aliphatic hydroxyl groups excluding tert-OH is 1. The van der Waals surface area contributed by atoms with Crippen LogP contribution in [0.15, 0.2) is 0 Å². The Morgan fingerprint density at radius 3 is 2.88 bits per heavy atom. The summed E-state index contributed by atoms with van der Waals surface area (Å²) in [7, 11) is 0. The van der Waals surface area contributed by atoms with Crippen LogP contribution in [0.5, 0.6) is 0 Å². The van der Waals surface area contributed by atoms with E-state index in [-0.39, 0.29) is 11.9 Å². The van der Waals surface area contributed by atoms with Crippen LogP contribution >= 0.6 is 0 Å². The zero-order valence-corrected chi connectivity index (χ0v) is 8.96. The summed E-state index contributed by atoms with van der Waals surface area (Å²) in [5.41, 5.74) is 0. The molecule has 0 unspecified atom stereocenters. The molecule has 0 aromatic heterocycles. The maximum absolute atomic E-state index is 13.2. The fourth-order valence-corrected chi connectivity index (χ4v) is 2.41. The van der Waals surface area contributed by atoms with Crippen molar-refractivity contribution in [3.8, 4) is 0 Å². The minimum absolute atomic E-state index is 0.297. The van der Waals surface area contributed by atoms with E-state index in [0.717, 1.165) is 17.9 Å². The average Bonchev–Trinajstić information content (AvgIpc) is 2.83. The Labute approximate surface area is 92.6 Å². The third kappa shape index (κ3) is 2.17. The van der Waals surface area contributed by atoms with Crippen molar-refractivity contribution in [2.24, 2.45) is 0 Å². The summed E-state index contributed by atoms with van der Waals surface area (Å²) in [6, 6.07) is -1.08. The summed E-state index contributed by atoms with van der Waals surface area (Å²) in [6.45, 7) is -0.201. The number of carbonyl (C=O) groups excluding carboxylic acids is 1. The third-order valence-corrected chi connectivity index (χ3v) is 3.23. The molecule has 0 bridgehead atoms. The maximum Gasteiger partial charge on any atom is 0.267 e. The number of aliphatic hydroxyl groups is 1. The molecule has 2 aliphatic heterocycles. The predicted octanol–water partition coefficient (Wildman–Crippen LogP) is -0.0331. The van der Waals surface area contributed by atoms with E-state index in [1.54, 1.807) is 0 Å². The molecule has 16 heavy (non-hydrogen) atoms. The van der Waals surface area contributed by atoms with Crippen molar-refractivity contribution in [1.29, 1.82) is 0 Å². The van der Waals surface area contributed by atoms with E-state index in [2.05, 4.69) is 5.32 Å². The van der Waals surface area contributed by atoms with Gasteiger partial charge >= 0.3 is 0 Å². The van der Waals surface area contributed by atoms with E-state index in [9.17, 15) is 13.6 Å². The van der Waals surface area contributed by atoms with Gasteiger partial charge in [0.15, 0.2) is 0 Å². The summed E-state index contributed by atoms with van der Waals surface area (Å²) >= 11 is 0. The molecule has 2 atom stereocenters. The van der Waals surface area contributed by atoms with Gasteiger partial charge in [-0.3, -0.25) is 4.79 Å². The monoisotopic (exact) mass is 234 g/mol. The minimum atomic E-state index is -2.86. The lowest BCUT2D eigenvalue weighted by molar-refractivity contribution is -0.135. The molecule has 0 spiro atoms. The van der Waals surface area contributed by atoms with Crippen LogP contribution in [0.3, 0.4) is 0 Å². The third-order valence-electron chi connectivity index (χ3n) is 3.23. The van der Waals surface area contributed by atoms with Crippen LogP contribution in [0.25, 0.3) is 0 Å². The van der Waals surface area contributed by atoms with E-state index in [4.69, 9.17) is 5.11 Å². The molecule has 0 saturated carbocycles. The molecule has 6 heteroatoms. The lowest BCUT2D eigenvalue weighted by Gasteiger charge is -2.25. The minimum Gasteiger partial charge on any atom is -0.394 e. The Morgan fingerprint density at radius 1 is 1.56 bits per heavy atom. The van der Waals surface area contributed by atoms with Gasteiger partial charge in [0.05, 0.1) is 25.2 Å². The highest BCUT2D eigenvalue weighted by Crippen LogP contribution is 2.32. The number of rotatable bonds is 2. The molecular formula is C10H16F2N2O2. The van der Waals surface area contributed by atoms with Gasteiger partial charge in [-0.1, -0.05) is 0 Å². The van der Waals surface area contributed by atoms with Crippen LogP contribution in [0.4, 0.5) is 8.78 Å². The summed E-state index contributed by atoms with van der Waals surface area (Å²) < 4.78 is 26.3. The fraction of sp³-hybridized carbons (Fsp3) is 0.900. The molecule has 4 nitrogen and oxygen atoms in total. The first kappa shape index (κ1) is 11.7. The highest BCUT2D eigenvalue weighted by molar-refractivity contribution is 5.83. The van der Waals surface area contributed by atoms with Crippen molar-refractivity contribution in [2.45, 2.75) is 37.3 Å². The van der Waals surface area contributed by atoms with Crippen molar-refractivity contribution in [3.63, 3.8) is 0 Å². The number of carbonyl (C=O) groups is 1. The second kappa shape index (κ2) is 4.25. The van der Waals surface area contributed by atoms with E-state index in [1.807, 2.05) is 0 Å². The highest BCUT2D eigenvalue weighted by atomic mass is 19.3. The first-order valence-corrected chi connectivity index (χ1v) is 5.56. The van der Waals surface area contributed by atoms with Crippen molar-refractivity contribution in [2.75, 3.05) is 19.7 Å². The number of halogens is 2. The largest absolute Gasteiger partial charge is 0.394 e. The number of hydrogen-bond donors (Lipinski definition) is 2. The molecule has 0 aliphatic carbocycles. The van der Waals surface area contributed by atoms with Gasteiger partial charge in [-0.25, -0.2) is 8.78 Å². The summed E-state index contributed by atoms with van der Waals surface area (Å²) in [4.78, 5) is 13.1. The van der Waals surface area contributed by atoms with Crippen LogP contribution < -0.4 is 5.32 Å². The SMILES string of the molecule is O=C([C@@H]1CCCN1)N1CC(F)(F)C[C@@H]1CO. The molecule has 2 aliphatic rings. The molecule has 0 radical (unpaired) electrons. The van der Waals surface area contributed by atoms with Gasteiger partial charge in [0.2, 0.25) is 5.91 Å². The zero-order valence-electron chi connectivity index (χ0n) is 8.96. The van der Waals surface area contributed by atoms with Crippen molar-refractivity contribution < 1.29 is 18.7 Å². The van der Waals surface area contributed by atoms with Crippen molar-refractivity contribution >= 4 is 5.91 Å². The van der Waals surface area contributed by atoms with E-state index >= 15 is 0 Å². The molecule has 2 rings (SSSR count). The molecule has 2 fully saturated rings. The Hall–Kier alpha value is -0.750. The first-order chi connectivity index (χ1) is 7.53. The number of hydrogen-bond acceptors (Lipinski definition) is 3. The zero-order chi connectivity index (χ0) is 11.8. The summed E-state index contributed by atoms with van der Waals surface area (Å²) in [5, 5.41) is 12.0. The summed E-state index contributed by atoms with van der Waals surface area (Å²) in [6.07, 6.45) is 1.16. The molecule has 0 aromatic carbocycles. The molecule has 92 valence electrons. The van der Waals surface area contributed by atoms with Crippen LogP contribution in [0.2, 0.25) is 0 Å². The van der Waals surface area contributed by atoms with Crippen LogP contribution in [-0.4, -0.2) is 53.6 Å². The Morgan fingerprint density at radius 2 is 2.31 bits per heavy atom. The second-order valence-corrected chi connectivity index (χ2v) is 4.51. The Kier molecular flexibility index (Phi) is 3.12. The Balaban J connectivity index is 2.04. The van der Waals surface area contributed by atoms with E-state index < -0.39 is 31.5 Å². The average molecular weight is 234 g/mol. The quantitative estimate of drug-likeness (QED) is 0.705. The second-order valence-electron chi connectivity index (χ2n) is 4.51. The highest BCUT2D eigenvalue weighted by Gasteiger charge is 2.47. The molecular weight excluding hydrogens is 218 g/mol. The topological polar surface area (TPSA) is 52.6 Å². The first-order valence-electron chi connectivity index (χ1n) is 5.56. The van der Waals surface area contributed by atoms with Crippen LogP contribution in [0.1, 0.15) is 19.3 Å². The molecule has 2 N–H and O–H groups in total. The van der Waals surface area contributed by atoms with Gasteiger partial charge in [-0.05, 0) is 19.4 Å². The van der Waals surface area contributed by atoms with E-state index in [0.29, 0.717) is 6.42 Å². The summed E-state index contributed by atoms with van der Waals surface area (Å²) in [5.74, 6) is -3.16. The molecule has 1 amide bonds. The number of nitrogens with one attached hydrogen (secondary N) is 1. The Bertz CT molecular complexity index is 280. The number of amides is 1. The van der Waals surface area contributed by atoms with E-state index in [1.165, 1.54) is 0 Å². The van der Waals surface area contributed by atoms with Gasteiger partial charge < -0.3 is 15.3 Å². The van der Waals surface area contributed by atoms with Crippen LogP contribution in [0, 0.1) is 0 Å². The van der Waals surface area contributed by atoms with Gasteiger partial charge in [-0.2, -0.15) is 0 Å². The van der Waals surface area contributed by atoms with Gasteiger partial charge in [0.25, 0.3) is 5.92 Å². The molecule has 2 heterocycles. The van der Waals surface area contributed by atoms with Gasteiger partial charge in [0, 0.05) is 6.42 Å². The lowest BCUT2D eigenvalue weighted by atomic mass is 10.1. The smallest absolute Gasteiger partial charge is 0.267 e. The predicted molar refractivity (Wildman–Crippen MR) is 53.2 cm³/mol. The van der Waals surface area contributed by atoms with Crippen molar-refractivity contribution in [1.82, 2.24) is 10.2 Å².